The standard InChI is InChI=1S/C19H18Cl2N4O4/c1-10-14(18(26)28-2)15(11-5-4-6-12(20)17(11)21)16(19(27)29-3)13(24-10)7-25-9-22-8-23-25/h4-6,8-9,15,24H,7H2,1-3H3. The second kappa shape index (κ2) is 8.67. The van der Waals surface area contributed by atoms with Crippen molar-refractivity contribution in [3.8, 4) is 0 Å². The molecule has 0 aliphatic carbocycles. The predicted molar refractivity (Wildman–Crippen MR) is 106 cm³/mol. The summed E-state index contributed by atoms with van der Waals surface area (Å²) in [5, 5.41) is 7.72. The van der Waals surface area contributed by atoms with Crippen molar-refractivity contribution in [2.45, 2.75) is 19.4 Å². The van der Waals surface area contributed by atoms with Gasteiger partial charge in [-0.25, -0.2) is 19.3 Å². The summed E-state index contributed by atoms with van der Waals surface area (Å²) in [4.78, 5) is 29.4. The lowest BCUT2D eigenvalue weighted by Gasteiger charge is -2.31. The number of hydrogen-bond acceptors (Lipinski definition) is 7. The minimum Gasteiger partial charge on any atom is -0.466 e. The minimum absolute atomic E-state index is 0.199. The van der Waals surface area contributed by atoms with Crippen molar-refractivity contribution < 1.29 is 19.1 Å². The summed E-state index contributed by atoms with van der Waals surface area (Å²) in [5.41, 5.74) is 1.93. The summed E-state index contributed by atoms with van der Waals surface area (Å²) < 4.78 is 11.5. The number of nitrogens with one attached hydrogen (secondary N) is 1. The van der Waals surface area contributed by atoms with Gasteiger partial charge in [-0.05, 0) is 18.6 Å². The lowest BCUT2D eigenvalue weighted by Crippen LogP contribution is -2.34. The van der Waals surface area contributed by atoms with E-state index in [1.165, 1.54) is 26.9 Å². The molecular formula is C19H18Cl2N4O4. The quantitative estimate of drug-likeness (QED) is 0.719. The molecule has 1 N–H and O–H groups in total. The number of carbonyl (C=O) groups excluding carboxylic acids is 2. The third kappa shape index (κ3) is 3.99. The molecule has 8 nitrogen and oxygen atoms in total. The van der Waals surface area contributed by atoms with Gasteiger partial charge in [0.15, 0.2) is 0 Å². The number of nitrogens with zero attached hydrogens (tertiary/aromatic N) is 3. The smallest absolute Gasteiger partial charge is 0.336 e. The molecule has 0 saturated heterocycles. The number of dihydropyridines is 1. The Labute approximate surface area is 177 Å². The highest BCUT2D eigenvalue weighted by Crippen LogP contribution is 2.43. The number of esters is 2. The van der Waals surface area contributed by atoms with Gasteiger partial charge in [0.25, 0.3) is 0 Å². The summed E-state index contributed by atoms with van der Waals surface area (Å²) in [6, 6.07) is 5.03. The van der Waals surface area contributed by atoms with E-state index in [0.29, 0.717) is 22.0 Å². The molecule has 0 fully saturated rings. The first-order chi connectivity index (χ1) is 13.9. The van der Waals surface area contributed by atoms with Crippen LogP contribution in [0.1, 0.15) is 18.4 Å². The normalized spacial score (nSPS) is 16.5. The van der Waals surface area contributed by atoms with Crippen LogP contribution < -0.4 is 5.32 Å². The van der Waals surface area contributed by atoms with Crippen LogP contribution in [0.3, 0.4) is 0 Å². The zero-order chi connectivity index (χ0) is 21.1. The Balaban J connectivity index is 2.27. The van der Waals surface area contributed by atoms with E-state index < -0.39 is 17.9 Å². The monoisotopic (exact) mass is 436 g/mol. The number of rotatable bonds is 5. The number of aromatic nitrogens is 3. The molecule has 10 heteroatoms. The van der Waals surface area contributed by atoms with Crippen LogP contribution >= 0.6 is 23.2 Å². The molecule has 1 aliphatic heterocycles. The van der Waals surface area contributed by atoms with E-state index >= 15 is 0 Å². The molecular weight excluding hydrogens is 419 g/mol. The van der Waals surface area contributed by atoms with Crippen LogP contribution in [0.4, 0.5) is 0 Å². The molecule has 1 aromatic carbocycles. The van der Waals surface area contributed by atoms with Crippen LogP contribution in [-0.2, 0) is 25.6 Å². The van der Waals surface area contributed by atoms with Gasteiger partial charge in [0.05, 0.1) is 47.9 Å². The van der Waals surface area contributed by atoms with E-state index in [1.807, 2.05) is 0 Å². The van der Waals surface area contributed by atoms with Gasteiger partial charge in [0.1, 0.15) is 12.7 Å². The largest absolute Gasteiger partial charge is 0.466 e. The number of methoxy groups -OCH3 is 2. The average molecular weight is 437 g/mol. The Kier molecular flexibility index (Phi) is 6.24. The number of ether oxygens (including phenoxy) is 2. The average Bonchev–Trinajstić information content (AvgIpc) is 3.21. The molecule has 0 radical (unpaired) electrons. The van der Waals surface area contributed by atoms with Crippen LogP contribution in [0, 0.1) is 0 Å². The van der Waals surface area contributed by atoms with Gasteiger partial charge in [-0.3, -0.25) is 0 Å². The fourth-order valence-corrected chi connectivity index (χ4v) is 3.70. The summed E-state index contributed by atoms with van der Waals surface area (Å²) in [7, 11) is 2.54. The molecule has 3 rings (SSSR count). The van der Waals surface area contributed by atoms with Gasteiger partial charge in [-0.2, -0.15) is 5.10 Å². The molecule has 0 amide bonds. The molecule has 152 valence electrons. The molecule has 0 bridgehead atoms. The number of benzene rings is 1. The summed E-state index contributed by atoms with van der Waals surface area (Å²) in [6.45, 7) is 1.91. The Morgan fingerprint density at radius 2 is 1.86 bits per heavy atom. The topological polar surface area (TPSA) is 95.3 Å². The van der Waals surface area contributed by atoms with E-state index in [1.54, 1.807) is 29.8 Å². The molecule has 29 heavy (non-hydrogen) atoms. The lowest BCUT2D eigenvalue weighted by molar-refractivity contribution is -0.137. The first kappa shape index (κ1) is 20.9. The maximum Gasteiger partial charge on any atom is 0.336 e. The maximum atomic E-state index is 12.8. The molecule has 1 unspecified atom stereocenters. The fraction of sp³-hybridized carbons (Fsp3) is 0.263. The molecule has 1 aliphatic rings. The molecule has 0 saturated carbocycles. The van der Waals surface area contributed by atoms with Crippen LogP contribution in [0.15, 0.2) is 53.4 Å². The second-order valence-electron chi connectivity index (χ2n) is 6.21. The van der Waals surface area contributed by atoms with Gasteiger partial charge in [-0.1, -0.05) is 35.3 Å². The van der Waals surface area contributed by atoms with Gasteiger partial charge in [0.2, 0.25) is 0 Å². The second-order valence-corrected chi connectivity index (χ2v) is 6.99. The predicted octanol–water partition coefficient (Wildman–Crippen LogP) is 2.85. The number of halogens is 2. The molecule has 0 spiro atoms. The van der Waals surface area contributed by atoms with E-state index in [-0.39, 0.29) is 22.7 Å². The molecule has 1 atom stereocenters. The maximum absolute atomic E-state index is 12.8. The SMILES string of the molecule is COC(=O)C1=C(C)NC(Cn2cncn2)=C(C(=O)OC)C1c1cccc(Cl)c1Cl. The van der Waals surface area contributed by atoms with Gasteiger partial charge in [0, 0.05) is 11.4 Å². The number of hydrogen-bond donors (Lipinski definition) is 1. The van der Waals surface area contributed by atoms with Gasteiger partial charge >= 0.3 is 11.9 Å². The van der Waals surface area contributed by atoms with Gasteiger partial charge in [-0.15, -0.1) is 0 Å². The Hall–Kier alpha value is -2.84. The van der Waals surface area contributed by atoms with Crippen LogP contribution in [0.2, 0.25) is 10.0 Å². The zero-order valence-electron chi connectivity index (χ0n) is 15.9. The Morgan fingerprint density at radius 3 is 2.48 bits per heavy atom. The Bertz CT molecular complexity index is 1020. The van der Waals surface area contributed by atoms with Crippen molar-refractivity contribution in [2.24, 2.45) is 0 Å². The molecule has 2 heterocycles. The van der Waals surface area contributed by atoms with E-state index in [9.17, 15) is 9.59 Å². The van der Waals surface area contributed by atoms with Crippen molar-refractivity contribution in [3.05, 3.63) is 69.0 Å². The van der Waals surface area contributed by atoms with Crippen molar-refractivity contribution >= 4 is 35.1 Å². The highest BCUT2D eigenvalue weighted by atomic mass is 35.5. The van der Waals surface area contributed by atoms with Crippen LogP contribution in [0.5, 0.6) is 0 Å². The highest BCUT2D eigenvalue weighted by molar-refractivity contribution is 6.42. The van der Waals surface area contributed by atoms with Gasteiger partial charge < -0.3 is 14.8 Å². The fourth-order valence-electron chi connectivity index (χ4n) is 3.28. The first-order valence-electron chi connectivity index (χ1n) is 8.52. The zero-order valence-corrected chi connectivity index (χ0v) is 17.4. The number of carbonyl (C=O) groups is 2. The highest BCUT2D eigenvalue weighted by Gasteiger charge is 2.39. The van der Waals surface area contributed by atoms with E-state index in [0.717, 1.165) is 0 Å². The van der Waals surface area contributed by atoms with E-state index in [2.05, 4.69) is 15.4 Å². The third-order valence-corrected chi connectivity index (χ3v) is 5.37. The van der Waals surface area contributed by atoms with Crippen molar-refractivity contribution in [2.75, 3.05) is 14.2 Å². The molecule has 1 aromatic heterocycles. The Morgan fingerprint density at radius 1 is 1.17 bits per heavy atom. The van der Waals surface area contributed by atoms with Crippen molar-refractivity contribution in [1.29, 1.82) is 0 Å². The lowest BCUT2D eigenvalue weighted by atomic mass is 9.80. The summed E-state index contributed by atoms with van der Waals surface area (Å²) >= 11 is 12.7. The minimum atomic E-state index is -0.846. The third-order valence-electron chi connectivity index (χ3n) is 4.53. The van der Waals surface area contributed by atoms with Crippen molar-refractivity contribution in [1.82, 2.24) is 20.1 Å². The summed E-state index contributed by atoms with van der Waals surface area (Å²) in [6.07, 6.45) is 2.90. The summed E-state index contributed by atoms with van der Waals surface area (Å²) in [5.74, 6) is -2.07. The first-order valence-corrected chi connectivity index (χ1v) is 9.28. The van der Waals surface area contributed by atoms with Crippen molar-refractivity contribution in [3.63, 3.8) is 0 Å². The van der Waals surface area contributed by atoms with Crippen LogP contribution in [0.25, 0.3) is 0 Å². The van der Waals surface area contributed by atoms with E-state index in [4.69, 9.17) is 32.7 Å². The number of allylic oxidation sites excluding steroid dienone is 2. The molecule has 2 aromatic rings. The van der Waals surface area contributed by atoms with Crippen LogP contribution in [-0.4, -0.2) is 40.9 Å².